The van der Waals surface area contributed by atoms with Gasteiger partial charge in [-0.25, -0.2) is 4.39 Å². The van der Waals surface area contributed by atoms with E-state index in [2.05, 4.69) is 5.32 Å². The second-order valence-electron chi connectivity index (χ2n) is 3.69. The summed E-state index contributed by atoms with van der Waals surface area (Å²) in [7, 11) is 0. The van der Waals surface area contributed by atoms with E-state index in [-0.39, 0.29) is 11.7 Å². The minimum absolute atomic E-state index is 0.00706. The summed E-state index contributed by atoms with van der Waals surface area (Å²) >= 11 is 0. The number of hydrogen-bond acceptors (Lipinski definition) is 2. The van der Waals surface area contributed by atoms with Crippen LogP contribution in [0.5, 0.6) is 0 Å². The zero-order valence-electron chi connectivity index (χ0n) is 8.35. The van der Waals surface area contributed by atoms with Crippen LogP contribution in [0.15, 0.2) is 12.1 Å². The third kappa shape index (κ3) is 1.99. The Morgan fingerprint density at radius 1 is 1.40 bits per heavy atom. The molecule has 4 heteroatoms. The smallest absolute Gasteiger partial charge is 0.224 e. The van der Waals surface area contributed by atoms with Crippen LogP contribution in [0.2, 0.25) is 0 Å². The number of nitrogens with two attached hydrogens (primary N) is 1. The Hall–Kier alpha value is -1.42. The van der Waals surface area contributed by atoms with Crippen molar-refractivity contribution in [2.24, 2.45) is 5.73 Å². The molecule has 2 rings (SSSR count). The number of hydrogen-bond donors (Lipinski definition) is 2. The first-order chi connectivity index (χ1) is 7.20. The Balaban J connectivity index is 2.45. The van der Waals surface area contributed by atoms with Gasteiger partial charge in [0.2, 0.25) is 5.91 Å². The second-order valence-corrected chi connectivity index (χ2v) is 3.69. The number of benzene rings is 1. The summed E-state index contributed by atoms with van der Waals surface area (Å²) in [6, 6.07) is 2.92. The molecule has 0 fully saturated rings. The third-order valence-electron chi connectivity index (χ3n) is 2.57. The fraction of sp³-hybridized carbons (Fsp3) is 0.364. The van der Waals surface area contributed by atoms with Gasteiger partial charge in [-0.1, -0.05) is 0 Å². The molecule has 0 bridgehead atoms. The molecule has 15 heavy (non-hydrogen) atoms. The number of nitrogens with one attached hydrogen (secondary N) is 1. The Bertz CT molecular complexity index is 404. The number of halogens is 1. The highest BCUT2D eigenvalue weighted by Gasteiger charge is 2.18. The monoisotopic (exact) mass is 208 g/mol. The maximum atomic E-state index is 13.2. The van der Waals surface area contributed by atoms with E-state index < -0.39 is 0 Å². The summed E-state index contributed by atoms with van der Waals surface area (Å²) in [5.74, 6) is -0.263. The number of fused-ring (bicyclic) bond motifs is 1. The molecule has 1 aromatic rings. The molecule has 0 aromatic heterocycles. The first-order valence-corrected chi connectivity index (χ1v) is 5.02. The lowest BCUT2D eigenvalue weighted by Crippen LogP contribution is -2.21. The van der Waals surface area contributed by atoms with Crippen LogP contribution in [0.4, 0.5) is 10.1 Å². The van der Waals surface area contributed by atoms with Crippen molar-refractivity contribution in [1.82, 2.24) is 0 Å². The molecule has 0 saturated heterocycles. The Morgan fingerprint density at radius 2 is 2.20 bits per heavy atom. The number of amides is 1. The largest absolute Gasteiger partial charge is 0.330 e. The predicted molar refractivity (Wildman–Crippen MR) is 56.1 cm³/mol. The van der Waals surface area contributed by atoms with Crippen molar-refractivity contribution in [1.29, 1.82) is 0 Å². The lowest BCUT2D eigenvalue weighted by atomic mass is 9.97. The molecule has 0 spiro atoms. The molecule has 0 radical (unpaired) electrons. The molecule has 0 aliphatic carbocycles. The van der Waals surface area contributed by atoms with Gasteiger partial charge in [0.1, 0.15) is 5.82 Å². The zero-order valence-corrected chi connectivity index (χ0v) is 8.35. The van der Waals surface area contributed by atoms with Crippen molar-refractivity contribution in [3.05, 3.63) is 29.1 Å². The molecule has 1 amide bonds. The predicted octanol–water partition coefficient (Wildman–Crippen LogP) is 1.21. The molecule has 3 N–H and O–H groups in total. The summed E-state index contributed by atoms with van der Waals surface area (Å²) in [4.78, 5) is 11.2. The Morgan fingerprint density at radius 3 is 2.93 bits per heavy atom. The normalized spacial score (nSPS) is 14.7. The minimum Gasteiger partial charge on any atom is -0.330 e. The van der Waals surface area contributed by atoms with Gasteiger partial charge in [0.15, 0.2) is 0 Å². The number of carbonyl (C=O) groups excluding carboxylic acids is 1. The first kappa shape index (κ1) is 10.1. The van der Waals surface area contributed by atoms with Gasteiger partial charge in [-0.3, -0.25) is 4.79 Å². The summed E-state index contributed by atoms with van der Waals surface area (Å²) < 4.78 is 13.2. The van der Waals surface area contributed by atoms with E-state index in [0.29, 0.717) is 25.8 Å². The molecule has 0 saturated carbocycles. The van der Waals surface area contributed by atoms with E-state index in [9.17, 15) is 9.18 Å². The third-order valence-corrected chi connectivity index (χ3v) is 2.57. The van der Waals surface area contributed by atoms with E-state index in [4.69, 9.17) is 5.73 Å². The highest BCUT2D eigenvalue weighted by molar-refractivity contribution is 5.94. The average Bonchev–Trinajstić information content (AvgIpc) is 2.19. The molecule has 1 aliphatic heterocycles. The van der Waals surface area contributed by atoms with Gasteiger partial charge in [-0.15, -0.1) is 0 Å². The summed E-state index contributed by atoms with van der Waals surface area (Å²) in [5.41, 5.74) is 7.87. The van der Waals surface area contributed by atoms with Gasteiger partial charge >= 0.3 is 0 Å². The molecule has 0 atom stereocenters. The lowest BCUT2D eigenvalue weighted by molar-refractivity contribution is -0.116. The highest BCUT2D eigenvalue weighted by Crippen LogP contribution is 2.28. The highest BCUT2D eigenvalue weighted by atomic mass is 19.1. The summed E-state index contributed by atoms with van der Waals surface area (Å²) in [6.45, 7) is 0.450. The van der Waals surface area contributed by atoms with E-state index in [0.717, 1.165) is 16.8 Å². The van der Waals surface area contributed by atoms with E-state index in [1.165, 1.54) is 12.1 Å². The molecule has 3 nitrogen and oxygen atoms in total. The van der Waals surface area contributed by atoms with E-state index in [1.54, 1.807) is 0 Å². The standard InChI is InChI=1S/C11H13FN2O/c12-9-5-7-1-2-10(15)14-11(7)8(6-9)3-4-13/h5-6H,1-4,13H2,(H,14,15). The molecule has 1 aliphatic rings. The molecular weight excluding hydrogens is 195 g/mol. The van der Waals surface area contributed by atoms with Crippen molar-refractivity contribution < 1.29 is 9.18 Å². The second kappa shape index (κ2) is 3.98. The summed E-state index contributed by atoms with van der Waals surface area (Å²) in [6.07, 6.45) is 1.62. The van der Waals surface area contributed by atoms with Gasteiger partial charge in [0.25, 0.3) is 0 Å². The van der Waals surface area contributed by atoms with Crippen LogP contribution in [0.1, 0.15) is 17.5 Å². The molecular formula is C11H13FN2O. The topological polar surface area (TPSA) is 55.1 Å². The number of aryl methyl sites for hydroxylation is 1. The molecule has 80 valence electrons. The maximum Gasteiger partial charge on any atom is 0.224 e. The van der Waals surface area contributed by atoms with Crippen molar-refractivity contribution in [2.45, 2.75) is 19.3 Å². The van der Waals surface area contributed by atoms with Gasteiger partial charge in [0, 0.05) is 12.1 Å². The van der Waals surface area contributed by atoms with Crippen LogP contribution in [0.25, 0.3) is 0 Å². The van der Waals surface area contributed by atoms with Crippen molar-refractivity contribution in [3.63, 3.8) is 0 Å². The van der Waals surface area contributed by atoms with E-state index >= 15 is 0 Å². The van der Waals surface area contributed by atoms with Crippen LogP contribution in [0.3, 0.4) is 0 Å². The minimum atomic E-state index is -0.256. The van der Waals surface area contributed by atoms with E-state index in [1.807, 2.05) is 0 Å². The average molecular weight is 208 g/mol. The SMILES string of the molecule is NCCc1cc(F)cc2c1NC(=O)CC2. The Kier molecular flexibility index (Phi) is 2.68. The number of rotatable bonds is 2. The van der Waals surface area contributed by atoms with Crippen LogP contribution in [0, 0.1) is 5.82 Å². The number of carbonyl (C=O) groups is 1. The summed E-state index contributed by atoms with van der Waals surface area (Å²) in [5, 5.41) is 2.78. The first-order valence-electron chi connectivity index (χ1n) is 5.02. The van der Waals surface area contributed by atoms with Crippen LogP contribution in [-0.2, 0) is 17.6 Å². The van der Waals surface area contributed by atoms with Crippen molar-refractivity contribution >= 4 is 11.6 Å². The molecule has 1 aromatic carbocycles. The molecule has 0 unspecified atom stereocenters. The van der Waals surface area contributed by atoms with Crippen molar-refractivity contribution in [3.8, 4) is 0 Å². The fourth-order valence-corrected chi connectivity index (χ4v) is 1.89. The lowest BCUT2D eigenvalue weighted by Gasteiger charge is -2.20. The maximum absolute atomic E-state index is 13.2. The van der Waals surface area contributed by atoms with Crippen LogP contribution in [-0.4, -0.2) is 12.5 Å². The van der Waals surface area contributed by atoms with Crippen LogP contribution >= 0.6 is 0 Å². The van der Waals surface area contributed by atoms with Gasteiger partial charge in [0.05, 0.1) is 0 Å². The Labute approximate surface area is 87.5 Å². The van der Waals surface area contributed by atoms with Gasteiger partial charge in [-0.2, -0.15) is 0 Å². The number of anilines is 1. The van der Waals surface area contributed by atoms with Gasteiger partial charge < -0.3 is 11.1 Å². The van der Waals surface area contributed by atoms with Crippen molar-refractivity contribution in [2.75, 3.05) is 11.9 Å². The quantitative estimate of drug-likeness (QED) is 0.767. The van der Waals surface area contributed by atoms with Gasteiger partial charge in [-0.05, 0) is 42.6 Å². The molecule has 1 heterocycles. The van der Waals surface area contributed by atoms with Crippen LogP contribution < -0.4 is 11.1 Å². The zero-order chi connectivity index (χ0) is 10.8. The fourth-order valence-electron chi connectivity index (χ4n) is 1.89.